The smallest absolute Gasteiger partial charge is 0.0277 e. The van der Waals surface area contributed by atoms with Gasteiger partial charge >= 0.3 is 0 Å². The molecule has 0 fully saturated rings. The van der Waals surface area contributed by atoms with E-state index in [9.17, 15) is 0 Å². The van der Waals surface area contributed by atoms with E-state index in [1.165, 1.54) is 6.20 Å². The summed E-state index contributed by atoms with van der Waals surface area (Å²) in [6.45, 7) is 0. The number of nitrogens with zero attached hydrogens (tertiary/aromatic N) is 1. The Hall–Kier alpha value is -1.57. The molecule has 0 aromatic rings. The van der Waals surface area contributed by atoms with E-state index in [1.807, 2.05) is 36.5 Å². The number of hydrogen-bond acceptors (Lipinski definition) is 2. The fourth-order valence-electron chi connectivity index (χ4n) is 0.521. The van der Waals surface area contributed by atoms with Crippen LogP contribution < -0.4 is 5.73 Å². The molecule has 2 nitrogen and oxygen atoms in total. The molecule has 0 radical (unpaired) electrons. The Balaban J connectivity index is 3.62. The standard InChI is InChI=1S/C10H14N2/c1-12-10-8-6-4-2-3-5-7-9-11/h2-10H,11H2,1H3/b4-2+,5-3+,8-6+,9-7+,12-10?. The summed E-state index contributed by atoms with van der Waals surface area (Å²) < 4.78 is 0. The molecule has 0 aromatic carbocycles. The van der Waals surface area contributed by atoms with Crippen LogP contribution in [0.3, 0.4) is 0 Å². The summed E-state index contributed by atoms with van der Waals surface area (Å²) in [6.07, 6.45) is 16.4. The zero-order chi connectivity index (χ0) is 9.07. The Kier molecular flexibility index (Phi) is 8.20. The maximum Gasteiger partial charge on any atom is 0.0277 e. The van der Waals surface area contributed by atoms with Gasteiger partial charge < -0.3 is 5.73 Å². The van der Waals surface area contributed by atoms with Gasteiger partial charge in [0.15, 0.2) is 0 Å². The van der Waals surface area contributed by atoms with Gasteiger partial charge in [-0.05, 0) is 18.4 Å². The van der Waals surface area contributed by atoms with Gasteiger partial charge in [0.05, 0.1) is 0 Å². The highest BCUT2D eigenvalue weighted by atomic mass is 14.6. The zero-order valence-electron chi connectivity index (χ0n) is 7.22. The van der Waals surface area contributed by atoms with Gasteiger partial charge in [0, 0.05) is 13.3 Å². The molecule has 0 heterocycles. The van der Waals surface area contributed by atoms with E-state index >= 15 is 0 Å². The topological polar surface area (TPSA) is 38.4 Å². The second-order valence-corrected chi connectivity index (χ2v) is 1.95. The molecule has 0 amide bonds. The highest BCUT2D eigenvalue weighted by molar-refractivity contribution is 5.71. The Morgan fingerprint density at radius 3 is 1.83 bits per heavy atom. The first-order chi connectivity index (χ1) is 5.91. The summed E-state index contributed by atoms with van der Waals surface area (Å²) in [7, 11) is 1.74. The van der Waals surface area contributed by atoms with Crippen molar-refractivity contribution < 1.29 is 0 Å². The quantitative estimate of drug-likeness (QED) is 0.497. The predicted octanol–water partition coefficient (Wildman–Crippen LogP) is 1.83. The van der Waals surface area contributed by atoms with Gasteiger partial charge in [0.2, 0.25) is 0 Å². The van der Waals surface area contributed by atoms with Gasteiger partial charge in [0.25, 0.3) is 0 Å². The predicted molar refractivity (Wildman–Crippen MR) is 55.2 cm³/mol. The van der Waals surface area contributed by atoms with Crippen molar-refractivity contribution in [3.63, 3.8) is 0 Å². The fraction of sp³-hybridized carbons (Fsp3) is 0.100. The van der Waals surface area contributed by atoms with Crippen LogP contribution in [0.4, 0.5) is 0 Å². The van der Waals surface area contributed by atoms with Crippen LogP contribution in [0.5, 0.6) is 0 Å². The van der Waals surface area contributed by atoms with Crippen LogP contribution in [0.25, 0.3) is 0 Å². The molecule has 64 valence electrons. The third-order valence-electron chi connectivity index (χ3n) is 1.01. The lowest BCUT2D eigenvalue weighted by Gasteiger charge is -1.72. The van der Waals surface area contributed by atoms with Gasteiger partial charge in [-0.1, -0.05) is 30.4 Å². The van der Waals surface area contributed by atoms with Crippen molar-refractivity contribution in [1.29, 1.82) is 0 Å². The zero-order valence-corrected chi connectivity index (χ0v) is 7.22. The summed E-state index contributed by atoms with van der Waals surface area (Å²) in [4.78, 5) is 3.79. The lowest BCUT2D eigenvalue weighted by molar-refractivity contribution is 1.48. The Morgan fingerprint density at radius 2 is 1.33 bits per heavy atom. The van der Waals surface area contributed by atoms with Crippen molar-refractivity contribution >= 4 is 6.21 Å². The maximum atomic E-state index is 5.12. The second-order valence-electron chi connectivity index (χ2n) is 1.95. The molecule has 0 rings (SSSR count). The molecular formula is C10H14N2. The van der Waals surface area contributed by atoms with Crippen LogP contribution >= 0.6 is 0 Å². The molecular weight excluding hydrogens is 148 g/mol. The minimum Gasteiger partial charge on any atom is -0.405 e. The summed E-state index contributed by atoms with van der Waals surface area (Å²) >= 11 is 0. The van der Waals surface area contributed by atoms with E-state index in [0.717, 1.165) is 0 Å². The van der Waals surface area contributed by atoms with Crippen LogP contribution in [-0.2, 0) is 0 Å². The minimum absolute atomic E-state index is 1.49. The molecule has 0 saturated carbocycles. The number of hydrogen-bond donors (Lipinski definition) is 1. The third-order valence-corrected chi connectivity index (χ3v) is 1.01. The number of nitrogens with two attached hydrogens (primary N) is 1. The Bertz CT molecular complexity index is 196. The highest BCUT2D eigenvalue weighted by Gasteiger charge is 1.61. The molecule has 0 aliphatic heterocycles. The molecule has 0 bridgehead atoms. The van der Waals surface area contributed by atoms with Crippen molar-refractivity contribution in [3.05, 3.63) is 48.7 Å². The summed E-state index contributed by atoms with van der Waals surface area (Å²) in [5.74, 6) is 0. The summed E-state index contributed by atoms with van der Waals surface area (Å²) in [5, 5.41) is 0. The SMILES string of the molecule is CN=C/C=C/C=C/C=C/C=C/N. The second kappa shape index (κ2) is 9.43. The molecule has 0 aromatic heterocycles. The van der Waals surface area contributed by atoms with Crippen molar-refractivity contribution in [1.82, 2.24) is 0 Å². The van der Waals surface area contributed by atoms with Crippen molar-refractivity contribution in [2.75, 3.05) is 7.05 Å². The largest absolute Gasteiger partial charge is 0.405 e. The van der Waals surface area contributed by atoms with E-state index in [4.69, 9.17) is 5.73 Å². The molecule has 12 heavy (non-hydrogen) atoms. The van der Waals surface area contributed by atoms with Crippen LogP contribution in [0.15, 0.2) is 53.7 Å². The van der Waals surface area contributed by atoms with E-state index in [1.54, 1.807) is 19.3 Å². The van der Waals surface area contributed by atoms with E-state index in [0.29, 0.717) is 0 Å². The van der Waals surface area contributed by atoms with Gasteiger partial charge in [-0.15, -0.1) is 0 Å². The first-order valence-corrected chi connectivity index (χ1v) is 3.71. The average molecular weight is 162 g/mol. The minimum atomic E-state index is 1.49. The van der Waals surface area contributed by atoms with E-state index in [-0.39, 0.29) is 0 Å². The molecule has 0 aliphatic carbocycles. The van der Waals surface area contributed by atoms with E-state index < -0.39 is 0 Å². The normalized spacial score (nSPS) is 13.8. The van der Waals surface area contributed by atoms with Crippen LogP contribution in [0, 0.1) is 0 Å². The summed E-state index contributed by atoms with van der Waals surface area (Å²) in [5.41, 5.74) is 5.12. The van der Waals surface area contributed by atoms with E-state index in [2.05, 4.69) is 4.99 Å². The van der Waals surface area contributed by atoms with Crippen molar-refractivity contribution in [2.45, 2.75) is 0 Å². The lowest BCUT2D eigenvalue weighted by Crippen LogP contribution is -1.71. The van der Waals surface area contributed by atoms with Crippen LogP contribution in [-0.4, -0.2) is 13.3 Å². The van der Waals surface area contributed by atoms with Gasteiger partial charge in [-0.25, -0.2) is 0 Å². The van der Waals surface area contributed by atoms with Crippen LogP contribution in [0.1, 0.15) is 0 Å². The molecule has 0 unspecified atom stereocenters. The monoisotopic (exact) mass is 162 g/mol. The number of rotatable bonds is 4. The van der Waals surface area contributed by atoms with Gasteiger partial charge in [0.1, 0.15) is 0 Å². The number of allylic oxidation sites excluding steroid dienone is 7. The summed E-state index contributed by atoms with van der Waals surface area (Å²) in [6, 6.07) is 0. The molecule has 0 aliphatic rings. The van der Waals surface area contributed by atoms with Crippen molar-refractivity contribution in [2.24, 2.45) is 10.7 Å². The highest BCUT2D eigenvalue weighted by Crippen LogP contribution is 1.79. The molecule has 2 N–H and O–H groups in total. The first-order valence-electron chi connectivity index (χ1n) is 3.71. The van der Waals surface area contributed by atoms with Gasteiger partial charge in [-0.2, -0.15) is 0 Å². The van der Waals surface area contributed by atoms with Gasteiger partial charge in [-0.3, -0.25) is 4.99 Å². The third kappa shape index (κ3) is 8.43. The molecule has 0 atom stereocenters. The Morgan fingerprint density at radius 1 is 0.833 bits per heavy atom. The lowest BCUT2D eigenvalue weighted by atomic mass is 10.4. The Labute approximate surface area is 73.5 Å². The average Bonchev–Trinajstić information content (AvgIpc) is 2.10. The molecule has 0 saturated heterocycles. The van der Waals surface area contributed by atoms with Crippen LogP contribution in [0.2, 0.25) is 0 Å². The fourth-order valence-corrected chi connectivity index (χ4v) is 0.521. The molecule has 0 spiro atoms. The molecule has 2 heteroatoms. The number of aliphatic imine (C=N–C) groups is 1. The maximum absolute atomic E-state index is 5.12. The first kappa shape index (κ1) is 10.4. The van der Waals surface area contributed by atoms with Crippen molar-refractivity contribution in [3.8, 4) is 0 Å².